The fourth-order valence-corrected chi connectivity index (χ4v) is 0. The Hall–Kier alpha value is 0.317. The summed E-state index contributed by atoms with van der Waals surface area (Å²) >= 11 is 0. The largest absolute Gasteiger partial charge is 1.00 e. The average Bonchev–Trinajstić information content (AvgIpc) is 0.811. The number of hydrogen-bond acceptors (Lipinski definition) is 3. The minimum Gasteiger partial charge on any atom is -0.356 e. The summed E-state index contributed by atoms with van der Waals surface area (Å²) in [7, 11) is 0. The zero-order chi connectivity index (χ0) is 3.58. The third kappa shape index (κ3) is 473. The molecular weight excluding hydrogens is 124 g/mol. The van der Waals surface area contributed by atoms with Crippen molar-refractivity contribution in [2.45, 2.75) is 0 Å². The van der Waals surface area contributed by atoms with Crippen LogP contribution in [-0.4, -0.2) is 5.09 Å². The molecule has 0 rings (SSSR count). The van der Waals surface area contributed by atoms with Crippen LogP contribution in [0.1, 0.15) is 0 Å². The number of hydrogen-bond donors (Lipinski definition) is 0. The van der Waals surface area contributed by atoms with Gasteiger partial charge in [-0.2, -0.15) is 0 Å². The maximum Gasteiger partial charge on any atom is 1.00 e. The second kappa shape index (κ2) is 9.01. The van der Waals surface area contributed by atoms with E-state index < -0.39 is 5.09 Å². The van der Waals surface area contributed by atoms with Crippen LogP contribution >= 0.6 is 0 Å². The monoisotopic (exact) mass is 124 g/mol. The quantitative estimate of drug-likeness (QED) is 0.193. The molecule has 0 spiro atoms. The Morgan fingerprint density at radius 1 is 1.33 bits per heavy atom. The average molecular weight is 124 g/mol. The Labute approximate surface area is 56.7 Å². The van der Waals surface area contributed by atoms with E-state index in [1.165, 1.54) is 0 Å². The Kier molecular flexibility index (Phi) is 24.4. The van der Waals surface area contributed by atoms with Crippen LogP contribution in [0.5, 0.6) is 0 Å². The molecule has 4 nitrogen and oxygen atoms in total. The minimum atomic E-state index is -1.75. The van der Waals surface area contributed by atoms with Crippen molar-refractivity contribution in [3.05, 3.63) is 15.3 Å². The predicted octanol–water partition coefficient (Wildman–Crippen LogP) is -3.24. The zero-order valence-corrected chi connectivity index (χ0v) is 4.23. The standard InChI is InChI=1S/Li.Mn.NO3/c;;2-1(3)4/q+1;;-1. The Morgan fingerprint density at radius 3 is 1.33 bits per heavy atom. The zero-order valence-electron chi connectivity index (χ0n) is 3.05. The topological polar surface area (TPSA) is 66.2 Å². The van der Waals surface area contributed by atoms with E-state index in [9.17, 15) is 0 Å². The molecule has 6 heteroatoms. The van der Waals surface area contributed by atoms with E-state index in [2.05, 4.69) is 0 Å². The molecule has 0 saturated carbocycles. The van der Waals surface area contributed by atoms with Crippen molar-refractivity contribution < 1.29 is 41.0 Å². The molecule has 0 aromatic heterocycles. The second-order valence-corrected chi connectivity index (χ2v) is 0.224. The third-order valence-electron chi connectivity index (χ3n) is 0. The van der Waals surface area contributed by atoms with Crippen molar-refractivity contribution >= 4 is 0 Å². The van der Waals surface area contributed by atoms with Crippen molar-refractivity contribution in [3.63, 3.8) is 0 Å². The molecule has 1 radical (unpaired) electrons. The maximum absolute atomic E-state index is 8.25. The van der Waals surface area contributed by atoms with Gasteiger partial charge in [0, 0.05) is 17.1 Å². The van der Waals surface area contributed by atoms with Gasteiger partial charge in [0.2, 0.25) is 0 Å². The predicted molar refractivity (Wildman–Crippen MR) is 10.4 cm³/mol. The summed E-state index contributed by atoms with van der Waals surface area (Å²) in [5.41, 5.74) is 0. The second-order valence-electron chi connectivity index (χ2n) is 0.224. The number of nitrogens with zero attached hydrogens (tertiary/aromatic N) is 1. The van der Waals surface area contributed by atoms with Gasteiger partial charge in [0.15, 0.2) is 0 Å². The van der Waals surface area contributed by atoms with Crippen molar-refractivity contribution in [1.82, 2.24) is 0 Å². The Balaban J connectivity index is -0.0000000450. The van der Waals surface area contributed by atoms with Gasteiger partial charge in [0.1, 0.15) is 0 Å². The summed E-state index contributed by atoms with van der Waals surface area (Å²) < 4.78 is 0. The first-order chi connectivity index (χ1) is 1.73. The van der Waals surface area contributed by atoms with Gasteiger partial charge in [-0.15, -0.1) is 0 Å². The molecule has 6 heavy (non-hydrogen) atoms. The van der Waals surface area contributed by atoms with E-state index in [1.54, 1.807) is 0 Å². The van der Waals surface area contributed by atoms with Gasteiger partial charge >= 0.3 is 18.9 Å². The van der Waals surface area contributed by atoms with Crippen molar-refractivity contribution in [2.75, 3.05) is 0 Å². The van der Waals surface area contributed by atoms with Crippen LogP contribution in [0.25, 0.3) is 0 Å². The molecule has 0 aliphatic carbocycles. The third-order valence-corrected chi connectivity index (χ3v) is 0. The van der Waals surface area contributed by atoms with Gasteiger partial charge in [0.25, 0.3) is 0 Å². The summed E-state index contributed by atoms with van der Waals surface area (Å²) in [4.78, 5) is 8.25. The van der Waals surface area contributed by atoms with Gasteiger partial charge in [-0.05, 0) is 0 Å². The van der Waals surface area contributed by atoms with Crippen LogP contribution in [-0.2, 0) is 17.1 Å². The van der Waals surface area contributed by atoms with Crippen molar-refractivity contribution in [2.24, 2.45) is 0 Å². The van der Waals surface area contributed by atoms with Crippen LogP contribution in [0.15, 0.2) is 0 Å². The van der Waals surface area contributed by atoms with Crippen LogP contribution in [0.4, 0.5) is 0 Å². The van der Waals surface area contributed by atoms with Gasteiger partial charge in [0.05, 0.1) is 5.09 Å². The summed E-state index contributed by atoms with van der Waals surface area (Å²) in [6, 6.07) is 0. The van der Waals surface area contributed by atoms with Crippen LogP contribution in [0.2, 0.25) is 0 Å². The van der Waals surface area contributed by atoms with E-state index in [0.717, 1.165) is 0 Å². The van der Waals surface area contributed by atoms with Crippen LogP contribution in [0.3, 0.4) is 0 Å². The Morgan fingerprint density at radius 2 is 1.33 bits per heavy atom. The SMILES string of the molecule is O=[N+]([O-])[O-].[Li+].[Mn]. The fourth-order valence-electron chi connectivity index (χ4n) is 0. The molecule has 0 bridgehead atoms. The summed E-state index contributed by atoms with van der Waals surface area (Å²) in [6.45, 7) is 0. The molecule has 0 atom stereocenters. The fraction of sp³-hybridized carbons (Fsp3) is 0. The molecule has 0 aliphatic rings. The van der Waals surface area contributed by atoms with E-state index in [4.69, 9.17) is 15.3 Å². The van der Waals surface area contributed by atoms with Gasteiger partial charge in [-0.25, -0.2) is 0 Å². The van der Waals surface area contributed by atoms with E-state index in [0.29, 0.717) is 0 Å². The molecule has 0 fully saturated rings. The molecule has 0 amide bonds. The molecule has 0 heterocycles. The molecule has 0 aliphatic heterocycles. The molecule has 0 unspecified atom stereocenters. The normalized spacial score (nSPS) is 4.00. The van der Waals surface area contributed by atoms with E-state index in [-0.39, 0.29) is 35.9 Å². The summed E-state index contributed by atoms with van der Waals surface area (Å²) in [5.74, 6) is 0. The molecule has 0 N–H and O–H groups in total. The van der Waals surface area contributed by atoms with Gasteiger partial charge in [-0.1, -0.05) is 0 Å². The van der Waals surface area contributed by atoms with Crippen molar-refractivity contribution in [1.29, 1.82) is 0 Å². The first-order valence-corrected chi connectivity index (χ1v) is 0.548. The first-order valence-electron chi connectivity index (χ1n) is 0.548. The summed E-state index contributed by atoms with van der Waals surface area (Å²) in [6.07, 6.45) is 0. The minimum absolute atomic E-state index is 0. The van der Waals surface area contributed by atoms with E-state index >= 15 is 0 Å². The van der Waals surface area contributed by atoms with Crippen LogP contribution < -0.4 is 18.9 Å². The first kappa shape index (κ1) is 16.2. The van der Waals surface area contributed by atoms with Gasteiger partial charge < -0.3 is 15.3 Å². The molecule has 0 aromatic rings. The molecule has 0 saturated heterocycles. The van der Waals surface area contributed by atoms with Crippen LogP contribution in [0, 0.1) is 15.3 Å². The van der Waals surface area contributed by atoms with Gasteiger partial charge in [-0.3, -0.25) is 0 Å². The molecule has 0 aromatic carbocycles. The maximum atomic E-state index is 8.25. The molecular formula is LiMnNO3. The van der Waals surface area contributed by atoms with E-state index in [1.807, 2.05) is 0 Å². The molecule has 31 valence electrons. The smallest absolute Gasteiger partial charge is 0.356 e. The summed E-state index contributed by atoms with van der Waals surface area (Å²) in [5, 5.41) is 14.8. The Bertz CT molecular complexity index is 33.8. The van der Waals surface area contributed by atoms with Crippen molar-refractivity contribution in [3.8, 4) is 0 Å². The number of rotatable bonds is 0.